The van der Waals surface area contributed by atoms with Gasteiger partial charge >= 0.3 is 0 Å². The first-order valence-electron chi connectivity index (χ1n) is 9.68. The lowest BCUT2D eigenvalue weighted by molar-refractivity contribution is -0.119. The molecular weight excluding hydrogens is 480 g/mol. The van der Waals surface area contributed by atoms with Crippen LogP contribution in [0.5, 0.6) is 0 Å². The number of carbonyl (C=O) groups excluding carboxylic acids is 1. The fourth-order valence-electron chi connectivity index (χ4n) is 2.88. The van der Waals surface area contributed by atoms with Crippen LogP contribution in [0.2, 0.25) is 0 Å². The van der Waals surface area contributed by atoms with Crippen molar-refractivity contribution >= 4 is 37.5 Å². The molecule has 3 aromatic carbocycles. The van der Waals surface area contributed by atoms with E-state index in [1.54, 1.807) is 42.5 Å². The van der Waals surface area contributed by atoms with Crippen molar-refractivity contribution in [3.63, 3.8) is 0 Å². The molecule has 0 aliphatic carbocycles. The monoisotopic (exact) mass is 502 g/mol. The van der Waals surface area contributed by atoms with Crippen LogP contribution in [0.25, 0.3) is 0 Å². The predicted molar refractivity (Wildman–Crippen MR) is 124 cm³/mol. The molecule has 0 heterocycles. The number of halogens is 1. The molecule has 0 aromatic heterocycles. The van der Waals surface area contributed by atoms with Gasteiger partial charge in [-0.1, -0.05) is 70.5 Å². The average Bonchev–Trinajstić information content (AvgIpc) is 2.78. The van der Waals surface area contributed by atoms with Crippen molar-refractivity contribution in [3.8, 4) is 0 Å². The highest BCUT2D eigenvalue weighted by atomic mass is 79.9. The van der Waals surface area contributed by atoms with Crippen LogP contribution >= 0.6 is 15.9 Å². The quantitative estimate of drug-likeness (QED) is 0.425. The molecule has 31 heavy (non-hydrogen) atoms. The van der Waals surface area contributed by atoms with Crippen LogP contribution in [-0.4, -0.2) is 34.0 Å². The molecule has 3 aromatic rings. The molecule has 1 amide bonds. The molecule has 6 nitrogen and oxygen atoms in total. The lowest BCUT2D eigenvalue weighted by Gasteiger charge is -2.24. The van der Waals surface area contributed by atoms with Gasteiger partial charge in [0.25, 0.3) is 10.0 Å². The SMILES string of the molecule is O=C(CN(c1cccc(Br)c1)S(=O)(=O)c1ccccc1)NCCOCc1ccccc1. The molecule has 0 aliphatic rings. The molecule has 3 rings (SSSR count). The number of carbonyl (C=O) groups is 1. The molecule has 1 N–H and O–H groups in total. The molecule has 0 atom stereocenters. The smallest absolute Gasteiger partial charge is 0.264 e. The van der Waals surface area contributed by atoms with Gasteiger partial charge in [0.2, 0.25) is 5.91 Å². The van der Waals surface area contributed by atoms with E-state index in [2.05, 4.69) is 21.2 Å². The minimum atomic E-state index is -3.92. The van der Waals surface area contributed by atoms with E-state index in [4.69, 9.17) is 4.74 Å². The summed E-state index contributed by atoms with van der Waals surface area (Å²) in [7, 11) is -3.92. The second-order valence-corrected chi connectivity index (χ2v) is 9.47. The fraction of sp³-hybridized carbons (Fsp3) is 0.174. The first-order chi connectivity index (χ1) is 15.0. The molecule has 0 saturated carbocycles. The largest absolute Gasteiger partial charge is 0.375 e. The summed E-state index contributed by atoms with van der Waals surface area (Å²) in [5.41, 5.74) is 1.44. The van der Waals surface area contributed by atoms with Crippen molar-refractivity contribution in [2.45, 2.75) is 11.5 Å². The third kappa shape index (κ3) is 6.65. The summed E-state index contributed by atoms with van der Waals surface area (Å²) in [5.74, 6) is -0.414. The van der Waals surface area contributed by atoms with E-state index in [9.17, 15) is 13.2 Å². The molecule has 0 unspecified atom stereocenters. The Kier molecular flexibility index (Phi) is 8.22. The van der Waals surface area contributed by atoms with E-state index in [1.807, 2.05) is 30.3 Å². The van der Waals surface area contributed by atoms with E-state index in [-0.39, 0.29) is 18.0 Å². The molecule has 162 valence electrons. The third-order valence-electron chi connectivity index (χ3n) is 4.39. The minimum Gasteiger partial charge on any atom is -0.375 e. The zero-order valence-corrected chi connectivity index (χ0v) is 19.2. The van der Waals surface area contributed by atoms with Crippen molar-refractivity contribution in [2.24, 2.45) is 0 Å². The van der Waals surface area contributed by atoms with Gasteiger partial charge in [-0.3, -0.25) is 9.10 Å². The number of hydrogen-bond donors (Lipinski definition) is 1. The summed E-state index contributed by atoms with van der Waals surface area (Å²) in [6, 6.07) is 24.6. The van der Waals surface area contributed by atoms with E-state index >= 15 is 0 Å². The van der Waals surface area contributed by atoms with Gasteiger partial charge in [-0.05, 0) is 35.9 Å². The topological polar surface area (TPSA) is 75.7 Å². The van der Waals surface area contributed by atoms with E-state index in [0.717, 1.165) is 9.87 Å². The molecule has 0 fully saturated rings. The number of nitrogens with zero attached hydrogens (tertiary/aromatic N) is 1. The normalized spacial score (nSPS) is 11.1. The molecule has 8 heteroatoms. The van der Waals surface area contributed by atoms with Crippen molar-refractivity contribution in [2.75, 3.05) is 24.0 Å². The summed E-state index contributed by atoms with van der Waals surface area (Å²) in [6.45, 7) is 0.710. The Morgan fingerprint density at radius 3 is 2.29 bits per heavy atom. The number of anilines is 1. The maximum absolute atomic E-state index is 13.2. The van der Waals surface area contributed by atoms with Crippen LogP contribution in [0, 0.1) is 0 Å². The van der Waals surface area contributed by atoms with Crippen molar-refractivity contribution in [1.29, 1.82) is 0 Å². The number of amides is 1. The number of hydrogen-bond acceptors (Lipinski definition) is 4. The highest BCUT2D eigenvalue weighted by molar-refractivity contribution is 9.10. The molecular formula is C23H23BrN2O4S. The Labute approximate surface area is 191 Å². The van der Waals surface area contributed by atoms with Gasteiger partial charge in [-0.15, -0.1) is 0 Å². The zero-order chi connectivity index (χ0) is 22.1. The summed E-state index contributed by atoms with van der Waals surface area (Å²) >= 11 is 3.36. The summed E-state index contributed by atoms with van der Waals surface area (Å²) in [6.07, 6.45) is 0. The van der Waals surface area contributed by atoms with Gasteiger partial charge in [-0.2, -0.15) is 0 Å². The Bertz CT molecular complexity index is 1090. The Morgan fingerprint density at radius 2 is 1.61 bits per heavy atom. The highest BCUT2D eigenvalue weighted by Gasteiger charge is 2.27. The number of benzene rings is 3. The van der Waals surface area contributed by atoms with Gasteiger partial charge in [-0.25, -0.2) is 8.42 Å². The van der Waals surface area contributed by atoms with Crippen LogP contribution in [0.4, 0.5) is 5.69 Å². The first kappa shape index (κ1) is 23.0. The zero-order valence-electron chi connectivity index (χ0n) is 16.8. The maximum atomic E-state index is 13.2. The van der Waals surface area contributed by atoms with Crippen LogP contribution in [0.15, 0.2) is 94.3 Å². The lowest BCUT2D eigenvalue weighted by atomic mass is 10.2. The van der Waals surface area contributed by atoms with Gasteiger partial charge < -0.3 is 10.1 Å². The Hall–Kier alpha value is -2.68. The van der Waals surface area contributed by atoms with Crippen LogP contribution < -0.4 is 9.62 Å². The van der Waals surface area contributed by atoms with Gasteiger partial charge in [0, 0.05) is 11.0 Å². The maximum Gasteiger partial charge on any atom is 0.264 e. The van der Waals surface area contributed by atoms with Crippen molar-refractivity contribution in [1.82, 2.24) is 5.32 Å². The molecule has 0 aliphatic heterocycles. The van der Waals surface area contributed by atoms with Crippen LogP contribution in [0.1, 0.15) is 5.56 Å². The second kappa shape index (κ2) is 11.1. The van der Waals surface area contributed by atoms with Crippen LogP contribution in [0.3, 0.4) is 0 Å². The number of rotatable bonds is 10. The molecule has 0 radical (unpaired) electrons. The summed E-state index contributed by atoms with van der Waals surface area (Å²) < 4.78 is 33.8. The lowest BCUT2D eigenvalue weighted by Crippen LogP contribution is -2.41. The number of nitrogens with one attached hydrogen (secondary N) is 1. The van der Waals surface area contributed by atoms with E-state index in [0.29, 0.717) is 23.4 Å². The summed E-state index contributed by atoms with van der Waals surface area (Å²) in [5, 5.41) is 2.73. The van der Waals surface area contributed by atoms with Gasteiger partial charge in [0.1, 0.15) is 6.54 Å². The molecule has 0 bridgehead atoms. The van der Waals surface area contributed by atoms with E-state index in [1.165, 1.54) is 12.1 Å². The molecule has 0 saturated heterocycles. The third-order valence-corrected chi connectivity index (χ3v) is 6.68. The standard InChI is InChI=1S/C23H23BrN2O4S/c24-20-10-7-11-21(16-20)26(31(28,29)22-12-5-2-6-13-22)17-23(27)25-14-15-30-18-19-8-3-1-4-9-19/h1-13,16H,14-15,17-18H2,(H,25,27). The molecule has 0 spiro atoms. The van der Waals surface area contributed by atoms with Crippen molar-refractivity contribution < 1.29 is 17.9 Å². The average molecular weight is 503 g/mol. The van der Waals surface area contributed by atoms with Gasteiger partial charge in [0.15, 0.2) is 0 Å². The fourth-order valence-corrected chi connectivity index (χ4v) is 4.70. The Morgan fingerprint density at radius 1 is 0.935 bits per heavy atom. The van der Waals surface area contributed by atoms with E-state index < -0.39 is 15.9 Å². The van der Waals surface area contributed by atoms with Crippen LogP contribution in [-0.2, 0) is 26.2 Å². The first-order valence-corrected chi connectivity index (χ1v) is 11.9. The summed E-state index contributed by atoms with van der Waals surface area (Å²) in [4.78, 5) is 12.7. The number of ether oxygens (including phenoxy) is 1. The second-order valence-electron chi connectivity index (χ2n) is 6.69. The predicted octanol–water partition coefficient (Wildman–Crippen LogP) is 3.98. The Balaban J connectivity index is 1.64. The van der Waals surface area contributed by atoms with Gasteiger partial charge in [0.05, 0.1) is 23.8 Å². The number of sulfonamides is 1. The highest BCUT2D eigenvalue weighted by Crippen LogP contribution is 2.26. The minimum absolute atomic E-state index is 0.119. The van der Waals surface area contributed by atoms with Crippen molar-refractivity contribution in [3.05, 3.63) is 95.0 Å².